The second-order valence-corrected chi connectivity index (χ2v) is 5.42. The van der Waals surface area contributed by atoms with Gasteiger partial charge in [0.15, 0.2) is 4.77 Å². The molecule has 5 nitrogen and oxygen atoms in total. The van der Waals surface area contributed by atoms with Crippen molar-refractivity contribution in [3.05, 3.63) is 68.2 Å². The van der Waals surface area contributed by atoms with Crippen molar-refractivity contribution in [2.24, 2.45) is 0 Å². The SMILES string of the molecule is O=C([O-])c1cccc(-n2c(=S)[nH]c3cc(Cl)ccc3c2=O)c1. The maximum absolute atomic E-state index is 12.6. The Hall–Kier alpha value is -2.44. The zero-order valence-corrected chi connectivity index (χ0v) is 12.6. The summed E-state index contributed by atoms with van der Waals surface area (Å²) in [5.41, 5.74) is 0.487. The number of H-pyrrole nitrogens is 1. The Morgan fingerprint density at radius 1 is 1.23 bits per heavy atom. The van der Waals surface area contributed by atoms with Gasteiger partial charge in [0.2, 0.25) is 0 Å². The number of nitrogens with zero attached hydrogens (tertiary/aromatic N) is 1. The molecule has 0 saturated heterocycles. The minimum absolute atomic E-state index is 0.0324. The Labute approximate surface area is 134 Å². The zero-order valence-electron chi connectivity index (χ0n) is 11.0. The van der Waals surface area contributed by atoms with Gasteiger partial charge in [0, 0.05) is 5.02 Å². The third-order valence-electron chi connectivity index (χ3n) is 3.20. The summed E-state index contributed by atoms with van der Waals surface area (Å²) >= 11 is 11.1. The van der Waals surface area contributed by atoms with Gasteiger partial charge in [-0.3, -0.25) is 9.36 Å². The lowest BCUT2D eigenvalue weighted by molar-refractivity contribution is -0.255. The first-order chi connectivity index (χ1) is 10.5. The number of fused-ring (bicyclic) bond motifs is 1. The fraction of sp³-hybridized carbons (Fsp3) is 0. The Bertz CT molecular complexity index is 1020. The number of benzene rings is 2. The summed E-state index contributed by atoms with van der Waals surface area (Å²) < 4.78 is 1.38. The van der Waals surface area contributed by atoms with Crippen LogP contribution in [0.25, 0.3) is 16.6 Å². The number of hydrogen-bond donors (Lipinski definition) is 1. The number of rotatable bonds is 2. The van der Waals surface area contributed by atoms with Gasteiger partial charge < -0.3 is 14.9 Å². The van der Waals surface area contributed by atoms with Crippen LogP contribution in [0.4, 0.5) is 0 Å². The number of aromatic nitrogens is 2. The molecule has 0 bridgehead atoms. The smallest absolute Gasteiger partial charge is 0.266 e. The summed E-state index contributed by atoms with van der Waals surface area (Å²) in [7, 11) is 0. The number of carboxylic acid groups (broad SMARTS) is 1. The number of carboxylic acids is 1. The van der Waals surface area contributed by atoms with Crippen LogP contribution in [0.1, 0.15) is 10.4 Å². The lowest BCUT2D eigenvalue weighted by Crippen LogP contribution is -2.24. The third kappa shape index (κ3) is 2.43. The lowest BCUT2D eigenvalue weighted by atomic mass is 10.2. The van der Waals surface area contributed by atoms with Crippen LogP contribution in [0.15, 0.2) is 47.3 Å². The van der Waals surface area contributed by atoms with E-state index in [4.69, 9.17) is 23.8 Å². The molecular formula is C15H8ClN2O3S-. The number of nitrogens with one attached hydrogen (secondary N) is 1. The van der Waals surface area contributed by atoms with E-state index in [2.05, 4.69) is 4.98 Å². The highest BCUT2D eigenvalue weighted by Gasteiger charge is 2.08. The van der Waals surface area contributed by atoms with E-state index in [1.54, 1.807) is 24.3 Å². The van der Waals surface area contributed by atoms with E-state index in [9.17, 15) is 14.7 Å². The quantitative estimate of drug-likeness (QED) is 0.729. The number of aromatic amines is 1. The summed E-state index contributed by atoms with van der Waals surface area (Å²) in [5.74, 6) is -1.32. The topological polar surface area (TPSA) is 77.9 Å². The average molecular weight is 332 g/mol. The van der Waals surface area contributed by atoms with Crippen LogP contribution >= 0.6 is 23.8 Å². The first-order valence-corrected chi connectivity index (χ1v) is 7.02. The van der Waals surface area contributed by atoms with Crippen molar-refractivity contribution in [3.8, 4) is 5.69 Å². The number of halogens is 1. The van der Waals surface area contributed by atoms with Gasteiger partial charge in [-0.15, -0.1) is 0 Å². The fourth-order valence-corrected chi connectivity index (χ4v) is 2.67. The number of carbonyl (C=O) groups excluding carboxylic acids is 1. The van der Waals surface area contributed by atoms with Gasteiger partial charge in [0.25, 0.3) is 5.56 Å². The lowest BCUT2D eigenvalue weighted by Gasteiger charge is -2.10. The van der Waals surface area contributed by atoms with Crippen LogP contribution in [0.3, 0.4) is 0 Å². The van der Waals surface area contributed by atoms with E-state index < -0.39 is 5.97 Å². The van der Waals surface area contributed by atoms with E-state index >= 15 is 0 Å². The molecule has 0 aliphatic heterocycles. The molecular weight excluding hydrogens is 324 g/mol. The standard InChI is InChI=1S/C15H9ClN2O3S/c16-9-4-5-11-12(7-9)17-15(22)18(13(11)19)10-3-1-2-8(6-10)14(20)21/h1-7H,(H,17,22)(H,20,21)/p-1. The first-order valence-electron chi connectivity index (χ1n) is 6.24. The average Bonchev–Trinajstić information content (AvgIpc) is 2.47. The molecule has 110 valence electrons. The second-order valence-electron chi connectivity index (χ2n) is 4.60. The summed E-state index contributed by atoms with van der Waals surface area (Å²) in [6.45, 7) is 0. The van der Waals surface area contributed by atoms with Gasteiger partial charge in [-0.05, 0) is 48.1 Å². The van der Waals surface area contributed by atoms with Gasteiger partial charge in [-0.2, -0.15) is 0 Å². The van der Waals surface area contributed by atoms with Crippen molar-refractivity contribution in [1.82, 2.24) is 9.55 Å². The normalized spacial score (nSPS) is 10.8. The van der Waals surface area contributed by atoms with Crippen LogP contribution in [-0.4, -0.2) is 15.5 Å². The van der Waals surface area contributed by atoms with E-state index in [-0.39, 0.29) is 15.9 Å². The molecule has 0 aliphatic carbocycles. The van der Waals surface area contributed by atoms with Crippen molar-refractivity contribution < 1.29 is 9.90 Å². The fourth-order valence-electron chi connectivity index (χ4n) is 2.20. The minimum atomic E-state index is -1.32. The highest BCUT2D eigenvalue weighted by Crippen LogP contribution is 2.16. The zero-order chi connectivity index (χ0) is 15.9. The molecule has 0 spiro atoms. The van der Waals surface area contributed by atoms with Crippen molar-refractivity contribution >= 4 is 40.7 Å². The van der Waals surface area contributed by atoms with Crippen molar-refractivity contribution in [2.75, 3.05) is 0 Å². The summed E-state index contributed by atoms with van der Waals surface area (Å²) in [5, 5.41) is 11.8. The number of hydrogen-bond acceptors (Lipinski definition) is 4. The molecule has 0 aliphatic rings. The molecule has 0 saturated carbocycles. The Balaban J connectivity index is 2.34. The molecule has 1 heterocycles. The molecule has 0 fully saturated rings. The van der Waals surface area contributed by atoms with Crippen molar-refractivity contribution in [2.45, 2.75) is 0 Å². The largest absolute Gasteiger partial charge is 0.545 e. The summed E-state index contributed by atoms with van der Waals surface area (Å²) in [4.78, 5) is 26.5. The highest BCUT2D eigenvalue weighted by atomic mass is 35.5. The molecule has 0 amide bonds. The minimum Gasteiger partial charge on any atom is -0.545 e. The Morgan fingerprint density at radius 2 is 2.00 bits per heavy atom. The van der Waals surface area contributed by atoms with Gasteiger partial charge in [0.05, 0.1) is 22.6 Å². The van der Waals surface area contributed by atoms with Gasteiger partial charge in [-0.25, -0.2) is 0 Å². The monoisotopic (exact) mass is 331 g/mol. The molecule has 0 atom stereocenters. The highest BCUT2D eigenvalue weighted by molar-refractivity contribution is 7.71. The number of aromatic carboxylic acids is 1. The summed E-state index contributed by atoms with van der Waals surface area (Å²) in [6, 6.07) is 10.6. The molecule has 2 aromatic carbocycles. The Kier molecular flexibility index (Phi) is 3.56. The first kappa shape index (κ1) is 14.5. The van der Waals surface area contributed by atoms with Gasteiger partial charge >= 0.3 is 0 Å². The Morgan fingerprint density at radius 3 is 2.73 bits per heavy atom. The molecule has 1 N–H and O–H groups in total. The maximum Gasteiger partial charge on any atom is 0.266 e. The molecule has 7 heteroatoms. The van der Waals surface area contributed by atoms with Crippen LogP contribution in [0.5, 0.6) is 0 Å². The van der Waals surface area contributed by atoms with Crippen LogP contribution < -0.4 is 10.7 Å². The third-order valence-corrected chi connectivity index (χ3v) is 3.72. The van der Waals surface area contributed by atoms with Crippen LogP contribution in [0, 0.1) is 4.77 Å². The van der Waals surface area contributed by atoms with E-state index in [0.717, 1.165) is 0 Å². The molecule has 3 rings (SSSR count). The maximum atomic E-state index is 12.6. The van der Waals surface area contributed by atoms with E-state index in [1.807, 2.05) is 0 Å². The molecule has 0 unspecified atom stereocenters. The van der Waals surface area contributed by atoms with Gasteiger partial charge in [-0.1, -0.05) is 23.7 Å². The van der Waals surface area contributed by atoms with Crippen LogP contribution in [-0.2, 0) is 0 Å². The van der Waals surface area contributed by atoms with E-state index in [1.165, 1.54) is 22.8 Å². The van der Waals surface area contributed by atoms with Gasteiger partial charge in [0.1, 0.15) is 0 Å². The predicted octanol–water partition coefficient (Wildman–Crippen LogP) is 2.07. The van der Waals surface area contributed by atoms with Crippen LogP contribution in [0.2, 0.25) is 5.02 Å². The summed E-state index contributed by atoms with van der Waals surface area (Å²) in [6.07, 6.45) is 0. The molecule has 3 aromatic rings. The number of carbonyl (C=O) groups is 1. The molecule has 22 heavy (non-hydrogen) atoms. The van der Waals surface area contributed by atoms with Crippen molar-refractivity contribution in [3.63, 3.8) is 0 Å². The molecule has 0 radical (unpaired) electrons. The second kappa shape index (κ2) is 5.40. The predicted molar refractivity (Wildman–Crippen MR) is 84.1 cm³/mol. The van der Waals surface area contributed by atoms with Crippen molar-refractivity contribution in [1.29, 1.82) is 0 Å². The van der Waals surface area contributed by atoms with E-state index in [0.29, 0.717) is 21.6 Å². The molecule has 1 aromatic heterocycles.